The number of nitrogens with zero attached hydrogens (tertiary/aromatic N) is 1. The van der Waals surface area contributed by atoms with Crippen LogP contribution in [0.1, 0.15) is 12.7 Å². The van der Waals surface area contributed by atoms with Gasteiger partial charge in [0.1, 0.15) is 9.39 Å². The van der Waals surface area contributed by atoms with E-state index >= 15 is 0 Å². The lowest BCUT2D eigenvalue weighted by Gasteiger charge is -2.00. The highest BCUT2D eigenvalue weighted by molar-refractivity contribution is 14.1. The van der Waals surface area contributed by atoms with Crippen LogP contribution >= 0.6 is 34.4 Å². The Morgan fingerprint density at radius 2 is 2.38 bits per heavy atom. The van der Waals surface area contributed by atoms with Gasteiger partial charge in [-0.1, -0.05) is 6.92 Å². The number of nitrogens with one attached hydrogen (secondary N) is 1. The SMILES string of the molecule is CCSCc1nc(O)c(I)c(=O)[nH]1. The van der Waals surface area contributed by atoms with Crippen LogP contribution in [0.3, 0.4) is 0 Å². The molecule has 1 aromatic rings. The molecule has 2 N–H and O–H groups in total. The first-order valence-corrected chi connectivity index (χ1v) is 5.94. The molecule has 4 nitrogen and oxygen atoms in total. The summed E-state index contributed by atoms with van der Waals surface area (Å²) in [5.74, 6) is 1.91. The summed E-state index contributed by atoms with van der Waals surface area (Å²) in [6.07, 6.45) is 0. The molecule has 72 valence electrons. The smallest absolute Gasteiger partial charge is 0.268 e. The van der Waals surface area contributed by atoms with Crippen molar-refractivity contribution in [1.29, 1.82) is 0 Å². The maximum atomic E-state index is 11.2. The van der Waals surface area contributed by atoms with Crippen molar-refractivity contribution in [3.8, 4) is 5.88 Å². The minimum Gasteiger partial charge on any atom is -0.492 e. The summed E-state index contributed by atoms with van der Waals surface area (Å²) >= 11 is 3.40. The second-order valence-electron chi connectivity index (χ2n) is 2.29. The predicted octanol–water partition coefficient (Wildman–Crippen LogP) is 1.33. The van der Waals surface area contributed by atoms with E-state index in [2.05, 4.69) is 9.97 Å². The molecule has 0 aliphatic rings. The average molecular weight is 312 g/mol. The third-order valence-electron chi connectivity index (χ3n) is 1.34. The molecular weight excluding hydrogens is 303 g/mol. The zero-order valence-electron chi connectivity index (χ0n) is 7.00. The first-order chi connectivity index (χ1) is 6.15. The number of rotatable bonds is 3. The fourth-order valence-electron chi connectivity index (χ4n) is 0.759. The Morgan fingerprint density at radius 3 is 2.92 bits per heavy atom. The fourth-order valence-corrected chi connectivity index (χ4v) is 1.55. The van der Waals surface area contributed by atoms with E-state index in [1.54, 1.807) is 34.4 Å². The molecule has 0 saturated carbocycles. The summed E-state index contributed by atoms with van der Waals surface area (Å²) in [5.41, 5.74) is -0.278. The highest BCUT2D eigenvalue weighted by Crippen LogP contribution is 2.13. The second-order valence-corrected chi connectivity index (χ2v) is 4.64. The zero-order chi connectivity index (χ0) is 9.84. The molecule has 0 fully saturated rings. The van der Waals surface area contributed by atoms with Crippen LogP contribution in [0.2, 0.25) is 0 Å². The van der Waals surface area contributed by atoms with E-state index in [-0.39, 0.29) is 15.0 Å². The lowest BCUT2D eigenvalue weighted by Crippen LogP contribution is -2.13. The summed E-state index contributed by atoms with van der Waals surface area (Å²) < 4.78 is 0.239. The third kappa shape index (κ3) is 2.87. The van der Waals surface area contributed by atoms with Crippen LogP contribution in [0.25, 0.3) is 0 Å². The lowest BCUT2D eigenvalue weighted by molar-refractivity contribution is 0.444. The first kappa shape index (κ1) is 10.8. The molecule has 0 atom stereocenters. The molecule has 0 aromatic carbocycles. The molecule has 13 heavy (non-hydrogen) atoms. The second kappa shape index (κ2) is 4.85. The van der Waals surface area contributed by atoms with Gasteiger partial charge in [-0.2, -0.15) is 16.7 Å². The van der Waals surface area contributed by atoms with Crippen molar-refractivity contribution in [2.45, 2.75) is 12.7 Å². The molecule has 0 radical (unpaired) electrons. The lowest BCUT2D eigenvalue weighted by atomic mass is 10.6. The largest absolute Gasteiger partial charge is 0.492 e. The average Bonchev–Trinajstić information content (AvgIpc) is 2.10. The van der Waals surface area contributed by atoms with Crippen LogP contribution in [0.15, 0.2) is 4.79 Å². The molecule has 0 amide bonds. The van der Waals surface area contributed by atoms with Gasteiger partial charge in [-0.05, 0) is 28.3 Å². The highest BCUT2D eigenvalue weighted by Gasteiger charge is 2.06. The van der Waals surface area contributed by atoms with Crippen molar-refractivity contribution in [1.82, 2.24) is 9.97 Å². The molecule has 1 aromatic heterocycles. The standard InChI is InChI=1S/C7H9IN2O2S/c1-2-13-3-4-9-6(11)5(8)7(12)10-4/h2-3H2,1H3,(H2,9,10,11,12). The van der Waals surface area contributed by atoms with Gasteiger partial charge >= 0.3 is 0 Å². The van der Waals surface area contributed by atoms with Gasteiger partial charge in [0.15, 0.2) is 0 Å². The number of aromatic nitrogens is 2. The van der Waals surface area contributed by atoms with E-state index in [0.29, 0.717) is 11.6 Å². The molecule has 1 heterocycles. The Labute approximate surface area is 93.3 Å². The van der Waals surface area contributed by atoms with E-state index in [0.717, 1.165) is 5.75 Å². The van der Waals surface area contributed by atoms with Gasteiger partial charge in [0.25, 0.3) is 5.56 Å². The maximum absolute atomic E-state index is 11.2. The van der Waals surface area contributed by atoms with E-state index < -0.39 is 0 Å². The number of halogens is 1. The van der Waals surface area contributed by atoms with Crippen molar-refractivity contribution < 1.29 is 5.11 Å². The Kier molecular flexibility index (Phi) is 4.04. The van der Waals surface area contributed by atoms with Gasteiger partial charge < -0.3 is 10.1 Å². The third-order valence-corrected chi connectivity index (χ3v) is 3.20. The zero-order valence-corrected chi connectivity index (χ0v) is 9.98. The monoisotopic (exact) mass is 312 g/mol. The summed E-state index contributed by atoms with van der Waals surface area (Å²) in [5, 5.41) is 9.23. The summed E-state index contributed by atoms with van der Waals surface area (Å²) in [7, 11) is 0. The molecule has 6 heteroatoms. The summed E-state index contributed by atoms with van der Waals surface area (Å²) in [6, 6.07) is 0. The van der Waals surface area contributed by atoms with Crippen LogP contribution in [0.5, 0.6) is 5.88 Å². The normalized spacial score (nSPS) is 10.3. The number of H-pyrrole nitrogens is 1. The Hall–Kier alpha value is -0.240. The number of aromatic hydroxyl groups is 1. The molecule has 0 bridgehead atoms. The van der Waals surface area contributed by atoms with Gasteiger partial charge in [0, 0.05) is 0 Å². The molecular formula is C7H9IN2O2S. The number of aromatic amines is 1. The molecule has 1 rings (SSSR count). The molecule has 0 aliphatic carbocycles. The maximum Gasteiger partial charge on any atom is 0.268 e. The van der Waals surface area contributed by atoms with Gasteiger partial charge in [-0.3, -0.25) is 4.79 Å². The van der Waals surface area contributed by atoms with E-state index in [9.17, 15) is 9.90 Å². The fraction of sp³-hybridized carbons (Fsp3) is 0.429. The van der Waals surface area contributed by atoms with E-state index in [1.165, 1.54) is 0 Å². The van der Waals surface area contributed by atoms with Crippen molar-refractivity contribution >= 4 is 34.4 Å². The van der Waals surface area contributed by atoms with Crippen LogP contribution in [0, 0.1) is 3.57 Å². The molecule has 0 unspecified atom stereocenters. The number of hydrogen-bond acceptors (Lipinski definition) is 4. The Morgan fingerprint density at radius 1 is 1.69 bits per heavy atom. The van der Waals surface area contributed by atoms with E-state index in [1.807, 2.05) is 6.92 Å². The topological polar surface area (TPSA) is 66.0 Å². The minimum atomic E-state index is -0.278. The Balaban J connectivity index is 2.93. The minimum absolute atomic E-state index is 0.184. The van der Waals surface area contributed by atoms with Crippen molar-refractivity contribution in [3.63, 3.8) is 0 Å². The summed E-state index contributed by atoms with van der Waals surface area (Å²) in [4.78, 5) is 17.6. The van der Waals surface area contributed by atoms with Crippen molar-refractivity contribution in [2.75, 3.05) is 5.75 Å². The van der Waals surface area contributed by atoms with Gasteiger partial charge in [-0.15, -0.1) is 0 Å². The van der Waals surface area contributed by atoms with Crippen LogP contribution in [-0.2, 0) is 5.75 Å². The van der Waals surface area contributed by atoms with Crippen LogP contribution < -0.4 is 5.56 Å². The van der Waals surface area contributed by atoms with Crippen LogP contribution in [0.4, 0.5) is 0 Å². The highest BCUT2D eigenvalue weighted by atomic mass is 127. The Bertz CT molecular complexity index is 353. The van der Waals surface area contributed by atoms with Gasteiger partial charge in [-0.25, -0.2) is 0 Å². The number of hydrogen-bond donors (Lipinski definition) is 2. The predicted molar refractivity (Wildman–Crippen MR) is 61.1 cm³/mol. The molecule has 0 spiro atoms. The van der Waals surface area contributed by atoms with Crippen molar-refractivity contribution in [3.05, 3.63) is 19.7 Å². The molecule has 0 saturated heterocycles. The van der Waals surface area contributed by atoms with Crippen LogP contribution in [-0.4, -0.2) is 20.8 Å². The summed E-state index contributed by atoms with van der Waals surface area (Å²) in [6.45, 7) is 2.02. The van der Waals surface area contributed by atoms with Crippen molar-refractivity contribution in [2.24, 2.45) is 0 Å². The quantitative estimate of drug-likeness (QED) is 0.827. The van der Waals surface area contributed by atoms with Gasteiger partial charge in [0.05, 0.1) is 5.75 Å². The molecule has 0 aliphatic heterocycles. The van der Waals surface area contributed by atoms with Gasteiger partial charge in [0.2, 0.25) is 5.88 Å². The number of thioether (sulfide) groups is 1. The first-order valence-electron chi connectivity index (χ1n) is 3.70. The van der Waals surface area contributed by atoms with E-state index in [4.69, 9.17) is 0 Å².